The van der Waals surface area contributed by atoms with Crippen molar-refractivity contribution in [3.63, 3.8) is 0 Å². The number of carbonyl (C=O) groups excluding carboxylic acids is 3. The van der Waals surface area contributed by atoms with Gasteiger partial charge in [-0.2, -0.15) is 5.10 Å². The molecule has 3 heterocycles. The van der Waals surface area contributed by atoms with E-state index in [1.807, 2.05) is 0 Å². The molecule has 0 radical (unpaired) electrons. The van der Waals surface area contributed by atoms with Crippen molar-refractivity contribution < 1.29 is 28.3 Å². The van der Waals surface area contributed by atoms with Gasteiger partial charge in [-0.15, -0.1) is 0 Å². The number of nitrogens with zero attached hydrogens (tertiary/aromatic N) is 1. The van der Waals surface area contributed by atoms with E-state index in [0.29, 0.717) is 5.76 Å². The molecular weight excluding hydrogens is 344 g/mol. The molecule has 0 aromatic carbocycles. The van der Waals surface area contributed by atoms with Crippen LogP contribution in [0.1, 0.15) is 29.2 Å². The lowest BCUT2D eigenvalue weighted by Gasteiger charge is -2.27. The Bertz CT molecular complexity index is 825. The average Bonchev–Trinajstić information content (AvgIpc) is 3.32. The Balaban J connectivity index is 1.89. The smallest absolute Gasteiger partial charge is 0.356 e. The van der Waals surface area contributed by atoms with E-state index in [2.05, 4.69) is 20.8 Å². The summed E-state index contributed by atoms with van der Waals surface area (Å²) in [6, 6.07) is 3.26. The van der Waals surface area contributed by atoms with Crippen molar-refractivity contribution in [2.45, 2.75) is 13.0 Å². The number of ether oxygens (including phenoxy) is 2. The Morgan fingerprint density at radius 1 is 1.27 bits per heavy atom. The number of H-pyrrole nitrogens is 1. The molecule has 0 spiro atoms. The molecule has 1 aliphatic rings. The zero-order chi connectivity index (χ0) is 18.5. The van der Waals surface area contributed by atoms with Crippen LogP contribution in [-0.2, 0) is 14.3 Å². The molecule has 10 nitrogen and oxygen atoms in total. The number of carbonyl (C=O) groups is 3. The van der Waals surface area contributed by atoms with Crippen molar-refractivity contribution >= 4 is 18.0 Å². The molecule has 0 saturated carbocycles. The largest absolute Gasteiger partial charge is 0.467 e. The van der Waals surface area contributed by atoms with Crippen molar-refractivity contribution in [2.75, 3.05) is 13.2 Å². The van der Waals surface area contributed by atoms with Gasteiger partial charge in [0.05, 0.1) is 24.1 Å². The predicted molar refractivity (Wildman–Crippen MR) is 85.6 cm³/mol. The summed E-state index contributed by atoms with van der Waals surface area (Å²) in [4.78, 5) is 36.4. The maximum atomic E-state index is 12.4. The van der Waals surface area contributed by atoms with Crippen molar-refractivity contribution in [2.24, 2.45) is 0 Å². The Morgan fingerprint density at radius 2 is 2.12 bits per heavy atom. The van der Waals surface area contributed by atoms with Gasteiger partial charge in [-0.1, -0.05) is 0 Å². The van der Waals surface area contributed by atoms with Gasteiger partial charge in [0.15, 0.2) is 0 Å². The van der Waals surface area contributed by atoms with E-state index < -0.39 is 24.0 Å². The SMILES string of the molecule is CCOC(=O)C1=C(COC(=O)c2ccn[nH]2)NC(=O)NC1c1ccco1. The van der Waals surface area contributed by atoms with Gasteiger partial charge < -0.3 is 24.5 Å². The Kier molecular flexibility index (Phi) is 5.02. The van der Waals surface area contributed by atoms with E-state index in [-0.39, 0.29) is 30.2 Å². The van der Waals surface area contributed by atoms with E-state index >= 15 is 0 Å². The number of urea groups is 1. The molecule has 1 aliphatic heterocycles. The van der Waals surface area contributed by atoms with Crippen molar-refractivity contribution in [1.82, 2.24) is 20.8 Å². The molecule has 3 rings (SSSR count). The van der Waals surface area contributed by atoms with Gasteiger partial charge in [-0.05, 0) is 25.1 Å². The lowest BCUT2D eigenvalue weighted by Crippen LogP contribution is -2.47. The average molecular weight is 360 g/mol. The molecule has 2 aromatic rings. The van der Waals surface area contributed by atoms with E-state index in [0.717, 1.165) is 0 Å². The third-order valence-corrected chi connectivity index (χ3v) is 3.54. The summed E-state index contributed by atoms with van der Waals surface area (Å²) >= 11 is 0. The summed E-state index contributed by atoms with van der Waals surface area (Å²) in [5.74, 6) is -0.991. The number of furan rings is 1. The van der Waals surface area contributed by atoms with Crippen LogP contribution in [0.5, 0.6) is 0 Å². The van der Waals surface area contributed by atoms with Crippen LogP contribution in [0, 0.1) is 0 Å². The molecule has 0 saturated heterocycles. The summed E-state index contributed by atoms with van der Waals surface area (Å²) in [7, 11) is 0. The number of amides is 2. The van der Waals surface area contributed by atoms with Gasteiger partial charge >= 0.3 is 18.0 Å². The van der Waals surface area contributed by atoms with E-state index in [9.17, 15) is 14.4 Å². The van der Waals surface area contributed by atoms with Gasteiger partial charge in [0.1, 0.15) is 24.1 Å². The zero-order valence-electron chi connectivity index (χ0n) is 13.8. The second-order valence-electron chi connectivity index (χ2n) is 5.21. The first-order valence-electron chi connectivity index (χ1n) is 7.77. The number of rotatable bonds is 6. The summed E-state index contributed by atoms with van der Waals surface area (Å²) in [6.45, 7) is 1.46. The predicted octanol–water partition coefficient (Wildman–Crippen LogP) is 1.03. The Labute approximate surface area is 147 Å². The molecule has 3 N–H and O–H groups in total. The minimum Gasteiger partial charge on any atom is -0.467 e. The second kappa shape index (κ2) is 7.55. The summed E-state index contributed by atoms with van der Waals surface area (Å²) in [6.07, 6.45) is 2.82. The highest BCUT2D eigenvalue weighted by atomic mass is 16.5. The van der Waals surface area contributed by atoms with Crippen LogP contribution in [0.2, 0.25) is 0 Å². The van der Waals surface area contributed by atoms with Crippen LogP contribution in [0.25, 0.3) is 0 Å². The first-order valence-corrected chi connectivity index (χ1v) is 7.77. The molecule has 0 aliphatic carbocycles. The van der Waals surface area contributed by atoms with Gasteiger partial charge in [-0.3, -0.25) is 5.10 Å². The molecule has 2 aromatic heterocycles. The fraction of sp³-hybridized carbons (Fsp3) is 0.250. The lowest BCUT2D eigenvalue weighted by atomic mass is 10.0. The van der Waals surface area contributed by atoms with Crippen LogP contribution < -0.4 is 10.6 Å². The quantitative estimate of drug-likeness (QED) is 0.655. The fourth-order valence-corrected chi connectivity index (χ4v) is 2.44. The maximum absolute atomic E-state index is 12.4. The summed E-state index contributed by atoms with van der Waals surface area (Å²) in [5, 5.41) is 11.2. The monoisotopic (exact) mass is 360 g/mol. The molecule has 0 bridgehead atoms. The van der Waals surface area contributed by atoms with Crippen molar-refractivity contribution in [3.8, 4) is 0 Å². The Hall–Kier alpha value is -3.56. The topological polar surface area (TPSA) is 136 Å². The third kappa shape index (κ3) is 3.58. The van der Waals surface area contributed by atoms with Gasteiger partial charge in [0, 0.05) is 6.20 Å². The van der Waals surface area contributed by atoms with E-state index in [4.69, 9.17) is 13.9 Å². The van der Waals surface area contributed by atoms with Crippen LogP contribution in [0.3, 0.4) is 0 Å². The molecule has 2 amide bonds. The van der Waals surface area contributed by atoms with Crippen molar-refractivity contribution in [3.05, 3.63) is 53.4 Å². The van der Waals surface area contributed by atoms with Crippen LogP contribution in [-0.4, -0.2) is 41.4 Å². The van der Waals surface area contributed by atoms with Gasteiger partial charge in [0.2, 0.25) is 0 Å². The first-order chi connectivity index (χ1) is 12.6. The molecule has 1 unspecified atom stereocenters. The normalized spacial score (nSPS) is 16.7. The van der Waals surface area contributed by atoms with Gasteiger partial charge in [-0.25, -0.2) is 14.4 Å². The number of hydrogen-bond donors (Lipinski definition) is 3. The molecule has 136 valence electrons. The highest BCUT2D eigenvalue weighted by molar-refractivity contribution is 5.95. The standard InChI is InChI=1S/C16H16N4O6/c1-2-24-15(22)12-10(8-26-14(21)9-5-6-17-20-9)18-16(23)19-13(12)11-4-3-7-25-11/h3-7,13H,2,8H2,1H3,(H,17,20)(H2,18,19,23). The zero-order valence-corrected chi connectivity index (χ0v) is 13.8. The first kappa shape index (κ1) is 17.3. The maximum Gasteiger partial charge on any atom is 0.356 e. The van der Waals surface area contributed by atoms with E-state index in [1.54, 1.807) is 19.1 Å². The number of hydrogen-bond acceptors (Lipinski definition) is 7. The molecular formula is C16H16N4O6. The molecule has 0 fully saturated rings. The summed E-state index contributed by atoms with van der Waals surface area (Å²) < 4.78 is 15.5. The Morgan fingerprint density at radius 3 is 2.77 bits per heavy atom. The van der Waals surface area contributed by atoms with E-state index in [1.165, 1.54) is 18.5 Å². The van der Waals surface area contributed by atoms with Gasteiger partial charge in [0.25, 0.3) is 0 Å². The second-order valence-corrected chi connectivity index (χ2v) is 5.21. The number of aromatic amines is 1. The van der Waals surface area contributed by atoms with Crippen LogP contribution in [0.4, 0.5) is 4.79 Å². The number of nitrogens with one attached hydrogen (secondary N) is 3. The number of esters is 2. The van der Waals surface area contributed by atoms with Crippen molar-refractivity contribution in [1.29, 1.82) is 0 Å². The fourth-order valence-electron chi connectivity index (χ4n) is 2.44. The van der Waals surface area contributed by atoms with Crippen LogP contribution in [0.15, 0.2) is 46.3 Å². The summed E-state index contributed by atoms with van der Waals surface area (Å²) in [5.41, 5.74) is 0.353. The minimum atomic E-state index is -0.862. The number of aromatic nitrogens is 2. The highest BCUT2D eigenvalue weighted by Gasteiger charge is 2.35. The molecule has 26 heavy (non-hydrogen) atoms. The molecule has 1 atom stereocenters. The third-order valence-electron chi connectivity index (χ3n) is 3.54. The highest BCUT2D eigenvalue weighted by Crippen LogP contribution is 2.28. The molecule has 10 heteroatoms. The minimum absolute atomic E-state index is 0.0961. The van der Waals surface area contributed by atoms with Crippen LogP contribution >= 0.6 is 0 Å². The lowest BCUT2D eigenvalue weighted by molar-refractivity contribution is -0.139.